The van der Waals surface area contributed by atoms with Crippen LogP contribution in [0.25, 0.3) is 11.4 Å². The van der Waals surface area contributed by atoms with Crippen molar-refractivity contribution in [2.75, 3.05) is 0 Å². The van der Waals surface area contributed by atoms with Crippen molar-refractivity contribution < 1.29 is 4.39 Å². The standard InChI is InChI=1S/C9H6FN5/c10-8-3-1-2-7(6-8)9-12-13-14-15(9)5-4-11/h1-3,6H,5H2. The van der Waals surface area contributed by atoms with Crippen LogP contribution in [0.3, 0.4) is 0 Å². The molecule has 5 nitrogen and oxygen atoms in total. The Hall–Kier alpha value is -2.29. The third-order valence-electron chi connectivity index (χ3n) is 1.84. The molecule has 74 valence electrons. The Morgan fingerprint density at radius 3 is 3.07 bits per heavy atom. The summed E-state index contributed by atoms with van der Waals surface area (Å²) in [7, 11) is 0. The van der Waals surface area contributed by atoms with Crippen LogP contribution in [-0.4, -0.2) is 20.2 Å². The van der Waals surface area contributed by atoms with Gasteiger partial charge < -0.3 is 0 Å². The molecule has 2 aromatic rings. The summed E-state index contributed by atoms with van der Waals surface area (Å²) in [5.74, 6) is 0.0232. The van der Waals surface area contributed by atoms with Gasteiger partial charge in [0.2, 0.25) is 0 Å². The minimum atomic E-state index is -0.362. The highest BCUT2D eigenvalue weighted by molar-refractivity contribution is 5.54. The van der Waals surface area contributed by atoms with Crippen LogP contribution in [0.5, 0.6) is 0 Å². The fourth-order valence-corrected chi connectivity index (χ4v) is 1.21. The predicted octanol–water partition coefficient (Wildman–Crippen LogP) is 1.00. The first-order valence-corrected chi connectivity index (χ1v) is 4.20. The van der Waals surface area contributed by atoms with Crippen LogP contribution in [0, 0.1) is 17.1 Å². The molecule has 0 bridgehead atoms. The maximum Gasteiger partial charge on any atom is 0.183 e. The van der Waals surface area contributed by atoms with Crippen LogP contribution in [0.15, 0.2) is 24.3 Å². The Kier molecular flexibility index (Phi) is 2.37. The molecule has 0 aliphatic carbocycles. The van der Waals surface area contributed by atoms with E-state index in [-0.39, 0.29) is 12.4 Å². The number of benzene rings is 1. The van der Waals surface area contributed by atoms with Crippen molar-refractivity contribution in [3.63, 3.8) is 0 Å². The third kappa shape index (κ3) is 1.81. The van der Waals surface area contributed by atoms with Gasteiger partial charge in [-0.25, -0.2) is 9.07 Å². The fourth-order valence-electron chi connectivity index (χ4n) is 1.21. The maximum atomic E-state index is 12.9. The monoisotopic (exact) mass is 203 g/mol. The Balaban J connectivity index is 2.45. The molecule has 6 heteroatoms. The molecule has 0 radical (unpaired) electrons. The first kappa shape index (κ1) is 9.27. The molecule has 0 aliphatic heterocycles. The molecule has 0 fully saturated rings. The molecule has 0 saturated carbocycles. The molecule has 0 saturated heterocycles. The lowest BCUT2D eigenvalue weighted by Gasteiger charge is -1.99. The van der Waals surface area contributed by atoms with Gasteiger partial charge in [0, 0.05) is 5.56 Å². The zero-order chi connectivity index (χ0) is 10.7. The van der Waals surface area contributed by atoms with E-state index in [0.717, 1.165) is 0 Å². The van der Waals surface area contributed by atoms with Crippen LogP contribution in [0.2, 0.25) is 0 Å². The smallest absolute Gasteiger partial charge is 0.183 e. The summed E-state index contributed by atoms with van der Waals surface area (Å²) < 4.78 is 14.2. The first-order chi connectivity index (χ1) is 7.31. The quantitative estimate of drug-likeness (QED) is 0.730. The summed E-state index contributed by atoms with van der Waals surface area (Å²) in [5, 5.41) is 19.3. The zero-order valence-electron chi connectivity index (χ0n) is 7.63. The zero-order valence-corrected chi connectivity index (χ0v) is 7.63. The maximum absolute atomic E-state index is 12.9. The number of nitriles is 1. The van der Waals surface area contributed by atoms with Gasteiger partial charge >= 0.3 is 0 Å². The molecule has 2 rings (SSSR count). The number of hydrogen-bond acceptors (Lipinski definition) is 4. The number of aromatic nitrogens is 4. The lowest BCUT2D eigenvalue weighted by Crippen LogP contribution is -2.01. The minimum absolute atomic E-state index is 0.0405. The summed E-state index contributed by atoms with van der Waals surface area (Å²) in [6, 6.07) is 7.82. The van der Waals surface area contributed by atoms with Crippen molar-refractivity contribution in [3.8, 4) is 17.5 Å². The minimum Gasteiger partial charge on any atom is -0.211 e. The van der Waals surface area contributed by atoms with Crippen molar-refractivity contribution in [3.05, 3.63) is 30.1 Å². The summed E-state index contributed by atoms with van der Waals surface area (Å²) in [6.07, 6.45) is 0. The SMILES string of the molecule is N#CCn1nnnc1-c1cccc(F)c1. The van der Waals surface area contributed by atoms with Crippen LogP contribution in [-0.2, 0) is 6.54 Å². The van der Waals surface area contributed by atoms with Crippen molar-refractivity contribution in [1.82, 2.24) is 20.2 Å². The van der Waals surface area contributed by atoms with E-state index in [4.69, 9.17) is 5.26 Å². The highest BCUT2D eigenvalue weighted by Crippen LogP contribution is 2.16. The van der Waals surface area contributed by atoms with Gasteiger partial charge in [-0.1, -0.05) is 12.1 Å². The second-order valence-electron chi connectivity index (χ2n) is 2.83. The number of tetrazole rings is 1. The summed E-state index contributed by atoms with van der Waals surface area (Å²) in [5.41, 5.74) is 0.551. The average molecular weight is 203 g/mol. The Labute approximate surface area is 84.8 Å². The van der Waals surface area contributed by atoms with Gasteiger partial charge in [0.1, 0.15) is 12.4 Å². The molecule has 1 aromatic heterocycles. The van der Waals surface area contributed by atoms with E-state index in [2.05, 4.69) is 15.5 Å². The Morgan fingerprint density at radius 2 is 2.33 bits per heavy atom. The second kappa shape index (κ2) is 3.84. The van der Waals surface area contributed by atoms with Crippen LogP contribution < -0.4 is 0 Å². The third-order valence-corrected chi connectivity index (χ3v) is 1.84. The van der Waals surface area contributed by atoms with Gasteiger partial charge in [-0.05, 0) is 22.6 Å². The van der Waals surface area contributed by atoms with Crippen molar-refractivity contribution in [1.29, 1.82) is 5.26 Å². The summed E-state index contributed by atoms with van der Waals surface area (Å²) >= 11 is 0. The molecule has 0 amide bonds. The van der Waals surface area contributed by atoms with Crippen LogP contribution >= 0.6 is 0 Å². The van der Waals surface area contributed by atoms with Gasteiger partial charge in [-0.15, -0.1) is 5.10 Å². The van der Waals surface area contributed by atoms with E-state index in [1.165, 1.54) is 16.8 Å². The molecular weight excluding hydrogens is 197 g/mol. The lowest BCUT2D eigenvalue weighted by atomic mass is 10.2. The van der Waals surface area contributed by atoms with Gasteiger partial charge in [0.25, 0.3) is 0 Å². The van der Waals surface area contributed by atoms with Crippen molar-refractivity contribution >= 4 is 0 Å². The highest BCUT2D eigenvalue weighted by Gasteiger charge is 2.08. The van der Waals surface area contributed by atoms with E-state index in [1.807, 2.05) is 6.07 Å². The highest BCUT2D eigenvalue weighted by atomic mass is 19.1. The predicted molar refractivity (Wildman–Crippen MR) is 48.8 cm³/mol. The van der Waals surface area contributed by atoms with Crippen molar-refractivity contribution in [2.24, 2.45) is 0 Å². The van der Waals surface area contributed by atoms with Crippen LogP contribution in [0.4, 0.5) is 4.39 Å². The molecule has 0 aliphatic rings. The molecule has 15 heavy (non-hydrogen) atoms. The molecule has 0 N–H and O–H groups in total. The van der Waals surface area contributed by atoms with Crippen molar-refractivity contribution in [2.45, 2.75) is 6.54 Å². The number of nitrogens with zero attached hydrogens (tertiary/aromatic N) is 5. The second-order valence-corrected chi connectivity index (χ2v) is 2.83. The number of halogens is 1. The van der Waals surface area contributed by atoms with Gasteiger partial charge in [0.05, 0.1) is 6.07 Å². The molecule has 0 atom stereocenters. The Morgan fingerprint density at radius 1 is 1.47 bits per heavy atom. The molecule has 1 aromatic carbocycles. The van der Waals surface area contributed by atoms with Gasteiger partial charge in [-0.2, -0.15) is 5.26 Å². The van der Waals surface area contributed by atoms with Crippen LogP contribution in [0.1, 0.15) is 0 Å². The van der Waals surface area contributed by atoms with E-state index in [1.54, 1.807) is 12.1 Å². The molecular formula is C9H6FN5. The largest absolute Gasteiger partial charge is 0.211 e. The molecule has 0 unspecified atom stereocenters. The van der Waals surface area contributed by atoms with E-state index >= 15 is 0 Å². The normalized spacial score (nSPS) is 9.87. The van der Waals surface area contributed by atoms with E-state index in [0.29, 0.717) is 11.4 Å². The topological polar surface area (TPSA) is 67.4 Å². The van der Waals surface area contributed by atoms with Gasteiger partial charge in [-0.3, -0.25) is 0 Å². The fraction of sp³-hybridized carbons (Fsp3) is 0.111. The summed E-state index contributed by atoms with van der Waals surface area (Å²) in [6.45, 7) is 0.0405. The van der Waals surface area contributed by atoms with Gasteiger partial charge in [0.15, 0.2) is 5.82 Å². The number of rotatable bonds is 2. The number of hydrogen-bond donors (Lipinski definition) is 0. The lowest BCUT2D eigenvalue weighted by molar-refractivity contribution is 0.627. The average Bonchev–Trinajstić information content (AvgIpc) is 2.66. The molecule has 1 heterocycles. The van der Waals surface area contributed by atoms with E-state index < -0.39 is 0 Å². The summed E-state index contributed by atoms with van der Waals surface area (Å²) in [4.78, 5) is 0. The Bertz CT molecular complexity index is 513. The molecule has 0 spiro atoms. The van der Waals surface area contributed by atoms with E-state index in [9.17, 15) is 4.39 Å². The first-order valence-electron chi connectivity index (χ1n) is 4.20.